The van der Waals surface area contributed by atoms with Gasteiger partial charge in [0.25, 0.3) is 0 Å². The molecule has 1 amide bonds. The highest BCUT2D eigenvalue weighted by Crippen LogP contribution is 2.69. The molecule has 2 unspecified atom stereocenters. The van der Waals surface area contributed by atoms with Gasteiger partial charge >= 0.3 is 0 Å². The Morgan fingerprint density at radius 1 is 1.20 bits per heavy atom. The molecule has 0 saturated heterocycles. The van der Waals surface area contributed by atoms with E-state index in [0.29, 0.717) is 10.8 Å². The molecule has 6 rings (SSSR count). The number of amides is 1. The third-order valence-corrected chi connectivity index (χ3v) is 8.11. The van der Waals surface area contributed by atoms with Gasteiger partial charge in [0.2, 0.25) is 5.91 Å². The van der Waals surface area contributed by atoms with Crippen molar-refractivity contribution in [3.8, 4) is 0 Å². The smallest absolute Gasteiger partial charge is 0.232 e. The van der Waals surface area contributed by atoms with Crippen molar-refractivity contribution in [2.24, 2.45) is 22.2 Å². The van der Waals surface area contributed by atoms with E-state index < -0.39 is 0 Å². The first-order valence-corrected chi connectivity index (χ1v) is 10.8. The van der Waals surface area contributed by atoms with Gasteiger partial charge in [0.1, 0.15) is 0 Å². The molecule has 2 atom stereocenters. The van der Waals surface area contributed by atoms with Crippen molar-refractivity contribution in [1.82, 2.24) is 4.98 Å². The summed E-state index contributed by atoms with van der Waals surface area (Å²) in [5.74, 6) is 0.940. The highest BCUT2D eigenvalue weighted by molar-refractivity contribution is 9.10. The minimum Gasteiger partial charge on any atom is -0.301 e. The van der Waals surface area contributed by atoms with Crippen LogP contribution in [0.5, 0.6) is 0 Å². The number of thiazole rings is 1. The summed E-state index contributed by atoms with van der Waals surface area (Å²) in [4.78, 5) is 18.0. The normalized spacial score (nSPS) is 39.1. The summed E-state index contributed by atoms with van der Waals surface area (Å²) >= 11 is 5.07. The summed E-state index contributed by atoms with van der Waals surface area (Å²) in [7, 11) is 0. The number of fused-ring (bicyclic) bond motifs is 1. The zero-order chi connectivity index (χ0) is 17.4. The molecule has 1 N–H and O–H groups in total. The summed E-state index contributed by atoms with van der Waals surface area (Å²) < 4.78 is 2.15. The first-order valence-electron chi connectivity index (χ1n) is 9.14. The maximum atomic E-state index is 13.3. The number of halogens is 1. The van der Waals surface area contributed by atoms with E-state index in [1.807, 2.05) is 12.1 Å². The Balaban J connectivity index is 1.45. The molecular weight excluding hydrogens is 396 g/mol. The van der Waals surface area contributed by atoms with Crippen molar-refractivity contribution in [2.45, 2.75) is 52.4 Å². The monoisotopic (exact) mass is 418 g/mol. The number of aromatic nitrogens is 1. The van der Waals surface area contributed by atoms with Gasteiger partial charge in [-0.25, -0.2) is 4.98 Å². The Morgan fingerprint density at radius 3 is 2.60 bits per heavy atom. The van der Waals surface area contributed by atoms with Crippen molar-refractivity contribution in [1.29, 1.82) is 0 Å². The number of carbonyl (C=O) groups is 1. The fourth-order valence-corrected chi connectivity index (χ4v) is 8.30. The lowest BCUT2D eigenvalue weighted by Crippen LogP contribution is -2.58. The van der Waals surface area contributed by atoms with Crippen LogP contribution in [0.4, 0.5) is 5.13 Å². The number of benzene rings is 1. The lowest BCUT2D eigenvalue weighted by Gasteiger charge is -2.64. The molecule has 2 aromatic rings. The van der Waals surface area contributed by atoms with E-state index in [1.165, 1.54) is 19.3 Å². The summed E-state index contributed by atoms with van der Waals surface area (Å²) in [6.45, 7) is 4.82. The van der Waals surface area contributed by atoms with E-state index in [4.69, 9.17) is 0 Å². The minimum atomic E-state index is -0.179. The standard InChI is InChI=1S/C20H23BrN2OS/c1-18-6-12-7-19(2,9-18)11-20(8-12,10-18)16(24)23-17-22-14-4-3-13(21)5-15(14)25-17/h3-5,12H,6-11H2,1-2H3,(H,22,23,24). The molecule has 4 bridgehead atoms. The molecule has 1 aromatic carbocycles. The second-order valence-electron chi connectivity index (χ2n) is 9.50. The molecule has 132 valence electrons. The van der Waals surface area contributed by atoms with Crippen molar-refractivity contribution in [3.63, 3.8) is 0 Å². The first-order chi connectivity index (χ1) is 11.8. The van der Waals surface area contributed by atoms with Crippen LogP contribution in [-0.4, -0.2) is 10.9 Å². The maximum absolute atomic E-state index is 13.3. The lowest BCUT2D eigenvalue weighted by molar-refractivity contribution is -0.165. The van der Waals surface area contributed by atoms with E-state index >= 15 is 0 Å². The number of nitrogens with one attached hydrogen (secondary N) is 1. The highest BCUT2D eigenvalue weighted by atomic mass is 79.9. The number of hydrogen-bond donors (Lipinski definition) is 1. The molecule has 4 aliphatic carbocycles. The van der Waals surface area contributed by atoms with Gasteiger partial charge in [-0.05, 0) is 73.5 Å². The van der Waals surface area contributed by atoms with E-state index in [-0.39, 0.29) is 11.3 Å². The Kier molecular flexibility index (Phi) is 3.29. The van der Waals surface area contributed by atoms with Gasteiger partial charge in [0.05, 0.1) is 15.6 Å². The molecule has 0 aliphatic heterocycles. The first kappa shape index (κ1) is 16.2. The van der Waals surface area contributed by atoms with E-state index in [1.54, 1.807) is 11.3 Å². The van der Waals surface area contributed by atoms with Crippen LogP contribution in [0.1, 0.15) is 52.4 Å². The molecule has 4 fully saturated rings. The third kappa shape index (κ3) is 2.57. The molecule has 1 aromatic heterocycles. The van der Waals surface area contributed by atoms with Crippen molar-refractivity contribution < 1.29 is 4.79 Å². The summed E-state index contributed by atoms with van der Waals surface area (Å²) in [6.07, 6.45) is 7.09. The number of anilines is 1. The van der Waals surface area contributed by atoms with Gasteiger partial charge in [0.15, 0.2) is 5.13 Å². The van der Waals surface area contributed by atoms with Crippen LogP contribution < -0.4 is 5.32 Å². The maximum Gasteiger partial charge on any atom is 0.232 e. The molecule has 25 heavy (non-hydrogen) atoms. The topological polar surface area (TPSA) is 42.0 Å². The zero-order valence-corrected chi connectivity index (χ0v) is 17.1. The molecule has 0 radical (unpaired) electrons. The minimum absolute atomic E-state index is 0.179. The fraction of sp³-hybridized carbons (Fsp3) is 0.600. The highest BCUT2D eigenvalue weighted by Gasteiger charge is 2.62. The number of rotatable bonds is 2. The van der Waals surface area contributed by atoms with Crippen molar-refractivity contribution in [2.75, 3.05) is 5.32 Å². The Morgan fingerprint density at radius 2 is 1.92 bits per heavy atom. The predicted molar refractivity (Wildman–Crippen MR) is 106 cm³/mol. The predicted octanol–water partition coefficient (Wildman–Crippen LogP) is 5.99. The number of carbonyl (C=O) groups excluding carboxylic acids is 1. The quantitative estimate of drug-likeness (QED) is 0.649. The Labute approximate surface area is 160 Å². The van der Waals surface area contributed by atoms with Crippen LogP contribution >= 0.6 is 27.3 Å². The second-order valence-corrected chi connectivity index (χ2v) is 11.4. The summed E-state index contributed by atoms with van der Waals surface area (Å²) in [6, 6.07) is 6.06. The van der Waals surface area contributed by atoms with Gasteiger partial charge in [-0.15, -0.1) is 0 Å². The van der Waals surface area contributed by atoms with Crippen LogP contribution in [0.3, 0.4) is 0 Å². The van der Waals surface area contributed by atoms with Gasteiger partial charge in [-0.1, -0.05) is 41.1 Å². The van der Waals surface area contributed by atoms with Crippen LogP contribution in [0.25, 0.3) is 10.2 Å². The van der Waals surface area contributed by atoms with E-state index in [2.05, 4.69) is 46.1 Å². The molecule has 0 spiro atoms. The van der Waals surface area contributed by atoms with Gasteiger partial charge in [-0.2, -0.15) is 0 Å². The van der Waals surface area contributed by atoms with Gasteiger partial charge < -0.3 is 5.32 Å². The molecule has 4 aliphatic rings. The fourth-order valence-electron chi connectivity index (χ4n) is 6.88. The summed E-state index contributed by atoms with van der Waals surface area (Å²) in [5, 5.41) is 3.94. The average molecular weight is 419 g/mol. The largest absolute Gasteiger partial charge is 0.301 e. The van der Waals surface area contributed by atoms with Crippen LogP contribution in [0.15, 0.2) is 22.7 Å². The molecule has 4 saturated carbocycles. The lowest BCUT2D eigenvalue weighted by atomic mass is 9.40. The Hall–Kier alpha value is -0.940. The van der Waals surface area contributed by atoms with Gasteiger partial charge in [0, 0.05) is 4.47 Å². The van der Waals surface area contributed by atoms with Crippen molar-refractivity contribution >= 4 is 48.5 Å². The van der Waals surface area contributed by atoms with Crippen LogP contribution in [0, 0.1) is 22.2 Å². The molecule has 5 heteroatoms. The van der Waals surface area contributed by atoms with Crippen molar-refractivity contribution in [3.05, 3.63) is 22.7 Å². The summed E-state index contributed by atoms with van der Waals surface area (Å²) in [5.41, 5.74) is 1.47. The second kappa shape index (κ2) is 5.07. The van der Waals surface area contributed by atoms with Gasteiger partial charge in [-0.3, -0.25) is 4.79 Å². The average Bonchev–Trinajstić information content (AvgIpc) is 2.84. The van der Waals surface area contributed by atoms with E-state index in [0.717, 1.165) is 45.0 Å². The molecule has 1 heterocycles. The van der Waals surface area contributed by atoms with Crippen LogP contribution in [-0.2, 0) is 4.79 Å². The zero-order valence-electron chi connectivity index (χ0n) is 14.7. The Bertz CT molecular complexity index is 873. The molecular formula is C20H23BrN2OS. The molecule has 3 nitrogen and oxygen atoms in total. The third-order valence-electron chi connectivity index (χ3n) is 6.68. The van der Waals surface area contributed by atoms with E-state index in [9.17, 15) is 4.79 Å². The number of hydrogen-bond acceptors (Lipinski definition) is 3. The number of nitrogens with zero attached hydrogens (tertiary/aromatic N) is 1. The SMILES string of the molecule is CC12CC3CC(C)(C1)CC(C(=O)Nc1nc4ccc(Br)cc4s1)(C3)C2. The van der Waals surface area contributed by atoms with Crippen LogP contribution in [0.2, 0.25) is 0 Å².